The van der Waals surface area contributed by atoms with Crippen LogP contribution in [0.15, 0.2) is 65.7 Å². The number of carbonyl (C=O) groups is 1. The Morgan fingerprint density at radius 2 is 1.42 bits per heavy atom. The molecular formula is C16H15NO2. The number of hydrogen-bond acceptors (Lipinski definition) is 2. The van der Waals surface area contributed by atoms with E-state index in [1.165, 1.54) is 0 Å². The van der Waals surface area contributed by atoms with Crippen molar-refractivity contribution in [1.82, 2.24) is 0 Å². The average Bonchev–Trinajstić information content (AvgIpc) is 2.47. The predicted octanol–water partition coefficient (Wildman–Crippen LogP) is 3.68. The predicted molar refractivity (Wildman–Crippen MR) is 75.5 cm³/mol. The molecule has 0 saturated heterocycles. The molecular weight excluding hydrogens is 238 g/mol. The van der Waals surface area contributed by atoms with E-state index in [2.05, 4.69) is 4.99 Å². The van der Waals surface area contributed by atoms with Gasteiger partial charge in [-0.3, -0.25) is 0 Å². The van der Waals surface area contributed by atoms with E-state index in [4.69, 9.17) is 4.74 Å². The van der Waals surface area contributed by atoms with Gasteiger partial charge in [-0.05, 0) is 6.92 Å². The fourth-order valence-electron chi connectivity index (χ4n) is 1.73. The lowest BCUT2D eigenvalue weighted by Crippen LogP contribution is -2.08. The third-order valence-electron chi connectivity index (χ3n) is 2.57. The van der Waals surface area contributed by atoms with Gasteiger partial charge >= 0.3 is 6.09 Å². The minimum Gasteiger partial charge on any atom is -0.448 e. The van der Waals surface area contributed by atoms with Crippen LogP contribution in [0.1, 0.15) is 18.1 Å². The summed E-state index contributed by atoms with van der Waals surface area (Å²) in [4.78, 5) is 15.7. The molecule has 0 bridgehead atoms. The lowest BCUT2D eigenvalue weighted by molar-refractivity contribution is 0.163. The van der Waals surface area contributed by atoms with Crippen LogP contribution in [-0.2, 0) is 4.74 Å². The molecule has 2 rings (SSSR count). The first kappa shape index (κ1) is 13.0. The number of carbonyl (C=O) groups excluding carboxylic acids is 1. The molecule has 0 atom stereocenters. The van der Waals surface area contributed by atoms with Crippen molar-refractivity contribution in [3.63, 3.8) is 0 Å². The first-order valence-electron chi connectivity index (χ1n) is 6.17. The van der Waals surface area contributed by atoms with Crippen molar-refractivity contribution in [2.45, 2.75) is 6.92 Å². The summed E-state index contributed by atoms with van der Waals surface area (Å²) in [7, 11) is 0. The van der Waals surface area contributed by atoms with E-state index in [0.717, 1.165) is 11.1 Å². The van der Waals surface area contributed by atoms with Gasteiger partial charge in [-0.25, -0.2) is 4.79 Å². The maximum atomic E-state index is 11.6. The molecule has 0 heterocycles. The second-order valence-electron chi connectivity index (χ2n) is 3.89. The number of benzene rings is 2. The van der Waals surface area contributed by atoms with Gasteiger partial charge in [0.2, 0.25) is 0 Å². The molecule has 2 aromatic carbocycles. The molecule has 0 radical (unpaired) electrons. The minimum atomic E-state index is -0.565. The Bertz CT molecular complexity index is 520. The zero-order valence-electron chi connectivity index (χ0n) is 10.7. The standard InChI is InChI=1S/C16H15NO2/c1-2-19-16(18)17-15(13-9-5-3-6-10-13)14-11-7-4-8-12-14/h3-12H,2H2,1H3. The van der Waals surface area contributed by atoms with Crippen molar-refractivity contribution in [1.29, 1.82) is 0 Å². The van der Waals surface area contributed by atoms with Crippen LogP contribution < -0.4 is 0 Å². The number of ether oxygens (including phenoxy) is 1. The molecule has 2 aromatic rings. The highest BCUT2D eigenvalue weighted by Crippen LogP contribution is 2.11. The van der Waals surface area contributed by atoms with Crippen molar-refractivity contribution in [3.8, 4) is 0 Å². The SMILES string of the molecule is CCOC(=O)N=C(c1ccccc1)c1ccccc1. The van der Waals surface area contributed by atoms with Gasteiger partial charge in [0.05, 0.1) is 12.3 Å². The highest BCUT2D eigenvalue weighted by atomic mass is 16.5. The second kappa shape index (κ2) is 6.50. The van der Waals surface area contributed by atoms with E-state index in [0.29, 0.717) is 12.3 Å². The molecule has 0 saturated carbocycles. The molecule has 3 nitrogen and oxygen atoms in total. The van der Waals surface area contributed by atoms with Gasteiger partial charge in [0.15, 0.2) is 0 Å². The molecule has 0 unspecified atom stereocenters. The molecule has 0 spiro atoms. The fraction of sp³-hybridized carbons (Fsp3) is 0.125. The maximum absolute atomic E-state index is 11.6. The number of nitrogens with zero attached hydrogens (tertiary/aromatic N) is 1. The van der Waals surface area contributed by atoms with Crippen molar-refractivity contribution >= 4 is 11.8 Å². The van der Waals surface area contributed by atoms with Crippen molar-refractivity contribution in [3.05, 3.63) is 71.8 Å². The summed E-state index contributed by atoms with van der Waals surface area (Å²) < 4.78 is 4.89. The lowest BCUT2D eigenvalue weighted by Gasteiger charge is -2.06. The van der Waals surface area contributed by atoms with Crippen LogP contribution in [0.3, 0.4) is 0 Å². The Hall–Kier alpha value is -2.42. The molecule has 0 aliphatic heterocycles. The van der Waals surface area contributed by atoms with E-state index in [1.54, 1.807) is 6.92 Å². The second-order valence-corrected chi connectivity index (χ2v) is 3.89. The van der Waals surface area contributed by atoms with Gasteiger partial charge in [0, 0.05) is 11.1 Å². The van der Waals surface area contributed by atoms with Gasteiger partial charge in [-0.15, -0.1) is 0 Å². The quantitative estimate of drug-likeness (QED) is 0.783. The van der Waals surface area contributed by atoms with Crippen LogP contribution in [0.25, 0.3) is 0 Å². The first-order chi connectivity index (χ1) is 9.31. The van der Waals surface area contributed by atoms with Crippen LogP contribution in [-0.4, -0.2) is 18.4 Å². The molecule has 0 aromatic heterocycles. The summed E-state index contributed by atoms with van der Waals surface area (Å²) in [6.45, 7) is 2.08. The van der Waals surface area contributed by atoms with Gasteiger partial charge in [-0.1, -0.05) is 60.7 Å². The third-order valence-corrected chi connectivity index (χ3v) is 2.57. The van der Waals surface area contributed by atoms with Crippen molar-refractivity contribution in [2.24, 2.45) is 4.99 Å². The summed E-state index contributed by atoms with van der Waals surface area (Å²) >= 11 is 0. The molecule has 0 N–H and O–H groups in total. The number of hydrogen-bond donors (Lipinski definition) is 0. The molecule has 0 aliphatic carbocycles. The smallest absolute Gasteiger partial charge is 0.434 e. The Morgan fingerprint density at radius 1 is 0.947 bits per heavy atom. The van der Waals surface area contributed by atoms with Gasteiger partial charge in [-0.2, -0.15) is 4.99 Å². The van der Waals surface area contributed by atoms with Gasteiger partial charge < -0.3 is 4.74 Å². The highest BCUT2D eigenvalue weighted by Gasteiger charge is 2.09. The number of rotatable bonds is 3. The topological polar surface area (TPSA) is 38.7 Å². The lowest BCUT2D eigenvalue weighted by atomic mass is 10.0. The summed E-state index contributed by atoms with van der Waals surface area (Å²) in [5, 5.41) is 0. The summed E-state index contributed by atoms with van der Waals surface area (Å²) in [6.07, 6.45) is -0.565. The molecule has 1 amide bonds. The molecule has 0 fully saturated rings. The van der Waals surface area contributed by atoms with Crippen LogP contribution in [0.4, 0.5) is 4.79 Å². The van der Waals surface area contributed by atoms with E-state index in [1.807, 2.05) is 60.7 Å². The largest absolute Gasteiger partial charge is 0.448 e. The number of amides is 1. The van der Waals surface area contributed by atoms with E-state index >= 15 is 0 Å². The Labute approximate surface area is 112 Å². The number of aliphatic imine (C=N–C) groups is 1. The summed E-state index contributed by atoms with van der Waals surface area (Å²) in [5.74, 6) is 0. The Balaban J connectivity index is 2.43. The monoisotopic (exact) mass is 253 g/mol. The zero-order chi connectivity index (χ0) is 13.5. The minimum absolute atomic E-state index is 0.319. The normalized spacial score (nSPS) is 9.74. The molecule has 96 valence electrons. The van der Waals surface area contributed by atoms with Gasteiger partial charge in [0.25, 0.3) is 0 Å². The summed E-state index contributed by atoms with van der Waals surface area (Å²) in [5.41, 5.74) is 2.41. The summed E-state index contributed by atoms with van der Waals surface area (Å²) in [6, 6.07) is 19.2. The van der Waals surface area contributed by atoms with Crippen LogP contribution in [0, 0.1) is 0 Å². The van der Waals surface area contributed by atoms with Crippen molar-refractivity contribution in [2.75, 3.05) is 6.61 Å². The van der Waals surface area contributed by atoms with Crippen LogP contribution in [0.2, 0.25) is 0 Å². The zero-order valence-corrected chi connectivity index (χ0v) is 10.7. The Kier molecular flexibility index (Phi) is 4.45. The molecule has 3 heteroatoms. The highest BCUT2D eigenvalue weighted by molar-refractivity contribution is 6.16. The van der Waals surface area contributed by atoms with E-state index < -0.39 is 6.09 Å². The third kappa shape index (κ3) is 3.52. The fourth-order valence-corrected chi connectivity index (χ4v) is 1.73. The molecule has 0 aliphatic rings. The first-order valence-corrected chi connectivity index (χ1v) is 6.17. The average molecular weight is 253 g/mol. The Morgan fingerprint density at radius 3 is 1.84 bits per heavy atom. The van der Waals surface area contributed by atoms with Crippen LogP contribution >= 0.6 is 0 Å². The van der Waals surface area contributed by atoms with Crippen molar-refractivity contribution < 1.29 is 9.53 Å². The maximum Gasteiger partial charge on any atom is 0.434 e. The van der Waals surface area contributed by atoms with E-state index in [9.17, 15) is 4.79 Å². The van der Waals surface area contributed by atoms with Crippen LogP contribution in [0.5, 0.6) is 0 Å². The van der Waals surface area contributed by atoms with Gasteiger partial charge in [0.1, 0.15) is 0 Å². The molecule has 19 heavy (non-hydrogen) atoms. The van der Waals surface area contributed by atoms with E-state index in [-0.39, 0.29) is 0 Å².